The number of nitrogens with zero attached hydrogens (tertiary/aromatic N) is 2. The van der Waals surface area contributed by atoms with Crippen LogP contribution in [0.5, 0.6) is 0 Å². The highest BCUT2D eigenvalue weighted by atomic mass is 32.2. The molecule has 24 heavy (non-hydrogen) atoms. The lowest BCUT2D eigenvalue weighted by atomic mass is 10.1. The zero-order chi connectivity index (χ0) is 17.1. The van der Waals surface area contributed by atoms with Crippen molar-refractivity contribution in [1.29, 1.82) is 0 Å². The van der Waals surface area contributed by atoms with Crippen molar-refractivity contribution in [3.63, 3.8) is 0 Å². The van der Waals surface area contributed by atoms with E-state index in [1.807, 2.05) is 38.1 Å². The number of amides is 2. The number of thioether (sulfide) groups is 1. The second-order valence-corrected chi connectivity index (χ2v) is 7.00. The molecule has 7 heteroatoms. The highest BCUT2D eigenvalue weighted by molar-refractivity contribution is 7.99. The Morgan fingerprint density at radius 2 is 2.25 bits per heavy atom. The molecule has 0 spiro atoms. The van der Waals surface area contributed by atoms with Gasteiger partial charge in [0, 0.05) is 17.2 Å². The number of para-hydroxylation sites is 1. The Balaban J connectivity index is 1.70. The number of hydrogen-bond donors (Lipinski definition) is 1. The van der Waals surface area contributed by atoms with Gasteiger partial charge < -0.3 is 14.7 Å². The van der Waals surface area contributed by atoms with Crippen molar-refractivity contribution in [1.82, 2.24) is 15.4 Å². The molecule has 6 nitrogen and oxygen atoms in total. The van der Waals surface area contributed by atoms with E-state index in [2.05, 4.69) is 10.5 Å². The quantitative estimate of drug-likeness (QED) is 0.897. The van der Waals surface area contributed by atoms with Gasteiger partial charge in [-0.05, 0) is 25.5 Å². The smallest absolute Gasteiger partial charge is 0.243 e. The highest BCUT2D eigenvalue weighted by Gasteiger charge is 2.35. The van der Waals surface area contributed by atoms with Crippen LogP contribution in [-0.2, 0) is 16.0 Å². The minimum Gasteiger partial charge on any atom is -0.356 e. The molecule has 1 aliphatic rings. The molecule has 0 unspecified atom stereocenters. The number of nitrogens with one attached hydrogen (secondary N) is 1. The summed E-state index contributed by atoms with van der Waals surface area (Å²) >= 11 is 1.60. The predicted octanol–water partition coefficient (Wildman–Crippen LogP) is 2.19. The largest absolute Gasteiger partial charge is 0.356 e. The van der Waals surface area contributed by atoms with Crippen molar-refractivity contribution in [2.75, 3.05) is 11.6 Å². The Morgan fingerprint density at radius 1 is 1.46 bits per heavy atom. The lowest BCUT2D eigenvalue weighted by Crippen LogP contribution is -2.49. The summed E-state index contributed by atoms with van der Waals surface area (Å²) in [5.74, 6) is 0.997. The van der Waals surface area contributed by atoms with Crippen LogP contribution in [0.25, 0.3) is 11.0 Å². The van der Waals surface area contributed by atoms with Gasteiger partial charge in [-0.3, -0.25) is 9.59 Å². The van der Waals surface area contributed by atoms with E-state index < -0.39 is 6.04 Å². The lowest BCUT2D eigenvalue weighted by molar-refractivity contribution is -0.137. The average Bonchev–Trinajstić information content (AvgIpc) is 3.22. The molecule has 3 rings (SSSR count). The zero-order valence-corrected chi connectivity index (χ0v) is 14.6. The molecule has 2 atom stereocenters. The maximum absolute atomic E-state index is 12.7. The number of hydrogen-bond acceptors (Lipinski definition) is 5. The molecule has 2 amide bonds. The first-order valence-electron chi connectivity index (χ1n) is 8.11. The monoisotopic (exact) mass is 347 g/mol. The van der Waals surface area contributed by atoms with Gasteiger partial charge in [-0.2, -0.15) is 0 Å². The minimum atomic E-state index is -0.408. The molecule has 2 heterocycles. The molecule has 0 radical (unpaired) electrons. The van der Waals surface area contributed by atoms with Crippen molar-refractivity contribution < 1.29 is 14.1 Å². The van der Waals surface area contributed by atoms with Crippen molar-refractivity contribution in [2.24, 2.45) is 0 Å². The first kappa shape index (κ1) is 16.8. The summed E-state index contributed by atoms with van der Waals surface area (Å²) in [5.41, 5.74) is 1.29. The maximum atomic E-state index is 12.7. The fourth-order valence-electron chi connectivity index (χ4n) is 2.66. The molecular weight excluding hydrogens is 326 g/mol. The number of benzene rings is 1. The van der Waals surface area contributed by atoms with Crippen LogP contribution in [0, 0.1) is 0 Å². The van der Waals surface area contributed by atoms with Crippen LogP contribution in [0.1, 0.15) is 26.0 Å². The van der Waals surface area contributed by atoms with Gasteiger partial charge >= 0.3 is 0 Å². The van der Waals surface area contributed by atoms with Crippen molar-refractivity contribution >= 4 is 34.5 Å². The van der Waals surface area contributed by atoms with E-state index in [0.717, 1.165) is 11.8 Å². The molecule has 0 aliphatic carbocycles. The molecule has 0 saturated carbocycles. The highest BCUT2D eigenvalue weighted by Crippen LogP contribution is 2.24. The molecule has 1 saturated heterocycles. The topological polar surface area (TPSA) is 75.4 Å². The van der Waals surface area contributed by atoms with Crippen LogP contribution in [-0.4, -0.2) is 45.6 Å². The predicted molar refractivity (Wildman–Crippen MR) is 93.6 cm³/mol. The molecule has 1 fully saturated rings. The Labute approximate surface area is 144 Å². The number of rotatable bonds is 5. The van der Waals surface area contributed by atoms with Crippen LogP contribution < -0.4 is 5.32 Å². The van der Waals surface area contributed by atoms with E-state index in [1.54, 1.807) is 16.7 Å². The second-order valence-electron chi connectivity index (χ2n) is 6.00. The normalized spacial score (nSPS) is 18.8. The van der Waals surface area contributed by atoms with Gasteiger partial charge in [-0.1, -0.05) is 24.2 Å². The van der Waals surface area contributed by atoms with Crippen LogP contribution in [0.15, 0.2) is 28.8 Å². The minimum absolute atomic E-state index is 0.0762. The van der Waals surface area contributed by atoms with E-state index in [0.29, 0.717) is 22.9 Å². The zero-order valence-electron chi connectivity index (χ0n) is 13.8. The van der Waals surface area contributed by atoms with Gasteiger partial charge in [-0.25, -0.2) is 0 Å². The van der Waals surface area contributed by atoms with Gasteiger partial charge in [0.05, 0.1) is 12.3 Å². The standard InChI is InChI=1S/C17H21N3O3S/c1-3-11(2)18-17(22)14-9-24-10-20(14)16(21)8-13-12-6-4-5-7-15(12)23-19-13/h4-7,11,14H,3,8-10H2,1-2H3,(H,18,22)/t11-,14+/m1/s1. The van der Waals surface area contributed by atoms with E-state index >= 15 is 0 Å². The van der Waals surface area contributed by atoms with Crippen LogP contribution in [0.3, 0.4) is 0 Å². The van der Waals surface area contributed by atoms with E-state index in [1.165, 1.54) is 0 Å². The first-order valence-corrected chi connectivity index (χ1v) is 9.26. The number of carbonyl (C=O) groups is 2. The summed E-state index contributed by atoms with van der Waals surface area (Å²) < 4.78 is 5.25. The number of carbonyl (C=O) groups excluding carboxylic acids is 2. The molecule has 1 N–H and O–H groups in total. The first-order chi connectivity index (χ1) is 11.6. The Bertz CT molecular complexity index is 746. The molecular formula is C17H21N3O3S. The fourth-order valence-corrected chi connectivity index (χ4v) is 3.84. The van der Waals surface area contributed by atoms with Crippen LogP contribution >= 0.6 is 11.8 Å². The third-order valence-electron chi connectivity index (χ3n) is 4.28. The number of fused-ring (bicyclic) bond motifs is 1. The SMILES string of the molecule is CC[C@@H](C)NC(=O)[C@@H]1CSCN1C(=O)Cc1noc2ccccc12. The van der Waals surface area contributed by atoms with Gasteiger partial charge in [0.25, 0.3) is 0 Å². The molecule has 0 bridgehead atoms. The van der Waals surface area contributed by atoms with Crippen LogP contribution in [0.2, 0.25) is 0 Å². The Hall–Kier alpha value is -2.02. The summed E-state index contributed by atoms with van der Waals surface area (Å²) in [5, 5.41) is 7.82. The van der Waals surface area contributed by atoms with Gasteiger partial charge in [0.2, 0.25) is 11.8 Å². The van der Waals surface area contributed by atoms with E-state index in [-0.39, 0.29) is 24.3 Å². The number of aromatic nitrogens is 1. The van der Waals surface area contributed by atoms with E-state index in [9.17, 15) is 9.59 Å². The van der Waals surface area contributed by atoms with Crippen LogP contribution in [0.4, 0.5) is 0 Å². The van der Waals surface area contributed by atoms with Gasteiger partial charge in [0.1, 0.15) is 11.7 Å². The van der Waals surface area contributed by atoms with Crippen molar-refractivity contribution in [3.8, 4) is 0 Å². The van der Waals surface area contributed by atoms with Crippen molar-refractivity contribution in [3.05, 3.63) is 30.0 Å². The lowest BCUT2D eigenvalue weighted by Gasteiger charge is -2.24. The summed E-state index contributed by atoms with van der Waals surface area (Å²) in [4.78, 5) is 26.7. The molecule has 1 aromatic heterocycles. The Kier molecular flexibility index (Phi) is 5.08. The summed E-state index contributed by atoms with van der Waals surface area (Å²) in [6.45, 7) is 3.99. The molecule has 1 aliphatic heterocycles. The molecule has 2 aromatic rings. The molecule has 128 valence electrons. The average molecular weight is 347 g/mol. The second kappa shape index (κ2) is 7.25. The summed E-state index contributed by atoms with van der Waals surface area (Å²) in [6, 6.07) is 7.17. The summed E-state index contributed by atoms with van der Waals surface area (Å²) in [7, 11) is 0. The van der Waals surface area contributed by atoms with Gasteiger partial charge in [-0.15, -0.1) is 11.8 Å². The Morgan fingerprint density at radius 3 is 3.04 bits per heavy atom. The third-order valence-corrected chi connectivity index (χ3v) is 5.29. The van der Waals surface area contributed by atoms with E-state index in [4.69, 9.17) is 4.52 Å². The maximum Gasteiger partial charge on any atom is 0.243 e. The van der Waals surface area contributed by atoms with Crippen molar-refractivity contribution in [2.45, 2.75) is 38.8 Å². The molecule has 1 aromatic carbocycles. The summed E-state index contributed by atoms with van der Waals surface area (Å²) in [6.07, 6.45) is 1.01. The third kappa shape index (κ3) is 3.40. The fraction of sp³-hybridized carbons (Fsp3) is 0.471. The van der Waals surface area contributed by atoms with Gasteiger partial charge in [0.15, 0.2) is 5.58 Å².